The zero-order valence-corrected chi connectivity index (χ0v) is 11.4. The number of pyridine rings is 1. The second kappa shape index (κ2) is 5.11. The first-order chi connectivity index (χ1) is 9.66. The third-order valence-electron chi connectivity index (χ3n) is 4.15. The molecule has 2 unspecified atom stereocenters. The van der Waals surface area contributed by atoms with Gasteiger partial charge in [0.25, 0.3) is 0 Å². The molecular formula is C14H18N4O2. The van der Waals surface area contributed by atoms with Crippen LogP contribution in [-0.2, 0) is 11.8 Å². The molecule has 2 N–H and O–H groups in total. The van der Waals surface area contributed by atoms with Gasteiger partial charge in [-0.1, -0.05) is 6.42 Å². The van der Waals surface area contributed by atoms with Crippen molar-refractivity contribution in [2.24, 2.45) is 18.9 Å². The van der Waals surface area contributed by atoms with E-state index in [2.05, 4.69) is 15.3 Å². The topological polar surface area (TPSA) is 80.0 Å². The molecule has 1 aliphatic carbocycles. The second-order valence-electron chi connectivity index (χ2n) is 5.40. The Labute approximate surface area is 116 Å². The summed E-state index contributed by atoms with van der Waals surface area (Å²) in [5.74, 6) is -0.00357. The van der Waals surface area contributed by atoms with Crippen LogP contribution in [0, 0.1) is 11.8 Å². The molecule has 1 aliphatic rings. The van der Waals surface area contributed by atoms with Crippen LogP contribution >= 0.6 is 0 Å². The average Bonchev–Trinajstić information content (AvgIpc) is 3.04. The summed E-state index contributed by atoms with van der Waals surface area (Å²) in [6.45, 7) is 0.639. The highest BCUT2D eigenvalue weighted by molar-refractivity contribution is 5.85. The summed E-state index contributed by atoms with van der Waals surface area (Å²) in [6.07, 6.45) is 6.23. The Morgan fingerprint density at radius 3 is 3.15 bits per heavy atom. The van der Waals surface area contributed by atoms with E-state index in [9.17, 15) is 9.90 Å². The predicted octanol–water partition coefficient (Wildman–Crippen LogP) is 1.88. The molecule has 1 fully saturated rings. The fraction of sp³-hybridized carbons (Fsp3) is 0.500. The Hall–Kier alpha value is -2.11. The van der Waals surface area contributed by atoms with E-state index in [1.54, 1.807) is 12.5 Å². The SMILES string of the molecule is Cn1cnc2c(NCC3CCCC3C(=O)O)nccc21. The van der Waals surface area contributed by atoms with Gasteiger partial charge in [0.1, 0.15) is 5.52 Å². The molecule has 2 atom stereocenters. The second-order valence-corrected chi connectivity index (χ2v) is 5.40. The number of carboxylic acid groups (broad SMARTS) is 1. The molecular weight excluding hydrogens is 256 g/mol. The van der Waals surface area contributed by atoms with E-state index in [-0.39, 0.29) is 11.8 Å². The Morgan fingerprint density at radius 2 is 2.35 bits per heavy atom. The molecule has 0 amide bonds. The summed E-state index contributed by atoms with van der Waals surface area (Å²) in [6, 6.07) is 1.92. The van der Waals surface area contributed by atoms with Gasteiger partial charge in [0.2, 0.25) is 0 Å². The van der Waals surface area contributed by atoms with Gasteiger partial charge < -0.3 is 15.0 Å². The Bertz CT molecular complexity index is 637. The van der Waals surface area contributed by atoms with E-state index in [0.29, 0.717) is 6.54 Å². The molecule has 20 heavy (non-hydrogen) atoms. The number of hydrogen-bond donors (Lipinski definition) is 2. The maximum Gasteiger partial charge on any atom is 0.306 e. The summed E-state index contributed by atoms with van der Waals surface area (Å²) < 4.78 is 1.94. The zero-order valence-electron chi connectivity index (χ0n) is 11.4. The minimum absolute atomic E-state index is 0.174. The van der Waals surface area contributed by atoms with E-state index in [0.717, 1.165) is 36.1 Å². The van der Waals surface area contributed by atoms with E-state index in [1.807, 2.05) is 17.7 Å². The van der Waals surface area contributed by atoms with Gasteiger partial charge in [0, 0.05) is 19.8 Å². The maximum absolute atomic E-state index is 11.2. The van der Waals surface area contributed by atoms with Crippen LogP contribution in [0.3, 0.4) is 0 Å². The molecule has 1 saturated carbocycles. The standard InChI is InChI=1S/C14H18N4O2/c1-18-8-17-12-11(18)5-6-15-13(12)16-7-9-3-2-4-10(9)14(19)20/h5-6,8-10H,2-4,7H2,1H3,(H,15,16)(H,19,20). The van der Waals surface area contributed by atoms with Gasteiger partial charge in [-0.2, -0.15) is 0 Å². The number of anilines is 1. The fourth-order valence-corrected chi connectivity index (χ4v) is 3.03. The number of nitrogens with one attached hydrogen (secondary N) is 1. The van der Waals surface area contributed by atoms with Crippen molar-refractivity contribution in [2.75, 3.05) is 11.9 Å². The van der Waals surface area contributed by atoms with Gasteiger partial charge in [-0.05, 0) is 24.8 Å². The van der Waals surface area contributed by atoms with Crippen molar-refractivity contribution in [1.82, 2.24) is 14.5 Å². The van der Waals surface area contributed by atoms with Gasteiger partial charge in [-0.15, -0.1) is 0 Å². The van der Waals surface area contributed by atoms with Crippen molar-refractivity contribution < 1.29 is 9.90 Å². The van der Waals surface area contributed by atoms with Crippen molar-refractivity contribution in [3.05, 3.63) is 18.6 Å². The first-order valence-electron chi connectivity index (χ1n) is 6.89. The summed E-state index contributed by atoms with van der Waals surface area (Å²) in [5, 5.41) is 12.5. The van der Waals surface area contributed by atoms with E-state index >= 15 is 0 Å². The minimum atomic E-state index is -0.682. The van der Waals surface area contributed by atoms with Crippen molar-refractivity contribution in [1.29, 1.82) is 0 Å². The van der Waals surface area contributed by atoms with Crippen LogP contribution in [-0.4, -0.2) is 32.2 Å². The lowest BCUT2D eigenvalue weighted by Gasteiger charge is -2.16. The molecule has 6 nitrogen and oxygen atoms in total. The van der Waals surface area contributed by atoms with Crippen molar-refractivity contribution in [2.45, 2.75) is 19.3 Å². The van der Waals surface area contributed by atoms with Crippen LogP contribution in [0.2, 0.25) is 0 Å². The van der Waals surface area contributed by atoms with E-state index < -0.39 is 5.97 Å². The number of hydrogen-bond acceptors (Lipinski definition) is 4. The number of carbonyl (C=O) groups is 1. The van der Waals surface area contributed by atoms with Crippen LogP contribution in [0.25, 0.3) is 11.0 Å². The van der Waals surface area contributed by atoms with Gasteiger partial charge in [0.05, 0.1) is 17.8 Å². The van der Waals surface area contributed by atoms with Gasteiger partial charge >= 0.3 is 5.97 Å². The van der Waals surface area contributed by atoms with Crippen LogP contribution in [0.15, 0.2) is 18.6 Å². The quantitative estimate of drug-likeness (QED) is 0.889. The molecule has 0 aromatic carbocycles. The number of aromatic nitrogens is 3. The highest BCUT2D eigenvalue weighted by Crippen LogP contribution is 2.32. The monoisotopic (exact) mass is 274 g/mol. The number of rotatable bonds is 4. The zero-order chi connectivity index (χ0) is 14.1. The molecule has 2 heterocycles. The van der Waals surface area contributed by atoms with Gasteiger partial charge in [-0.3, -0.25) is 4.79 Å². The summed E-state index contributed by atoms with van der Waals surface area (Å²) in [5.41, 5.74) is 1.85. The lowest BCUT2D eigenvalue weighted by Crippen LogP contribution is -2.24. The molecule has 6 heteroatoms. The molecule has 0 radical (unpaired) electrons. The van der Waals surface area contributed by atoms with Crippen molar-refractivity contribution in [3.63, 3.8) is 0 Å². The number of aryl methyl sites for hydroxylation is 1. The molecule has 0 saturated heterocycles. The third-order valence-corrected chi connectivity index (χ3v) is 4.15. The van der Waals surface area contributed by atoms with Crippen LogP contribution < -0.4 is 5.32 Å². The van der Waals surface area contributed by atoms with Gasteiger partial charge in [-0.25, -0.2) is 9.97 Å². The molecule has 106 valence electrons. The lowest BCUT2D eigenvalue weighted by atomic mass is 9.96. The third kappa shape index (κ3) is 2.21. The Balaban J connectivity index is 1.75. The lowest BCUT2D eigenvalue weighted by molar-refractivity contribution is -0.142. The van der Waals surface area contributed by atoms with Crippen molar-refractivity contribution >= 4 is 22.8 Å². The summed E-state index contributed by atoms with van der Waals surface area (Å²) >= 11 is 0. The highest BCUT2D eigenvalue weighted by Gasteiger charge is 2.32. The van der Waals surface area contributed by atoms with Crippen LogP contribution in [0.4, 0.5) is 5.82 Å². The summed E-state index contributed by atoms with van der Waals surface area (Å²) in [4.78, 5) is 19.8. The molecule has 0 aliphatic heterocycles. The summed E-state index contributed by atoms with van der Waals surface area (Å²) in [7, 11) is 1.94. The maximum atomic E-state index is 11.2. The number of carboxylic acids is 1. The highest BCUT2D eigenvalue weighted by atomic mass is 16.4. The molecule has 2 aromatic heterocycles. The number of imidazole rings is 1. The van der Waals surface area contributed by atoms with Crippen LogP contribution in [0.1, 0.15) is 19.3 Å². The molecule has 2 aromatic rings. The number of aliphatic carboxylic acids is 1. The van der Waals surface area contributed by atoms with Gasteiger partial charge in [0.15, 0.2) is 5.82 Å². The van der Waals surface area contributed by atoms with E-state index in [1.165, 1.54) is 0 Å². The average molecular weight is 274 g/mol. The number of fused-ring (bicyclic) bond motifs is 1. The molecule has 3 rings (SSSR count). The molecule has 0 bridgehead atoms. The number of nitrogens with zero attached hydrogens (tertiary/aromatic N) is 3. The van der Waals surface area contributed by atoms with Crippen molar-refractivity contribution in [3.8, 4) is 0 Å². The van der Waals surface area contributed by atoms with Crippen LogP contribution in [0.5, 0.6) is 0 Å². The minimum Gasteiger partial charge on any atom is -0.481 e. The molecule has 0 spiro atoms. The Kier molecular flexibility index (Phi) is 3.30. The fourth-order valence-electron chi connectivity index (χ4n) is 3.03. The predicted molar refractivity (Wildman–Crippen MR) is 75.5 cm³/mol. The Morgan fingerprint density at radius 1 is 1.50 bits per heavy atom. The van der Waals surface area contributed by atoms with E-state index in [4.69, 9.17) is 0 Å². The normalized spacial score (nSPS) is 22.2. The smallest absolute Gasteiger partial charge is 0.306 e. The first-order valence-corrected chi connectivity index (χ1v) is 6.89. The largest absolute Gasteiger partial charge is 0.481 e. The first kappa shape index (κ1) is 12.9.